The highest BCUT2D eigenvalue weighted by atomic mass is 35.5. The maximum Gasteiger partial charge on any atom is 0.334 e. The van der Waals surface area contributed by atoms with Gasteiger partial charge in [-0.05, 0) is 30.5 Å². The van der Waals surface area contributed by atoms with E-state index in [1.807, 2.05) is 34.8 Å². The lowest BCUT2D eigenvalue weighted by Crippen LogP contribution is -2.49. The monoisotopic (exact) mass is 426 g/mol. The highest BCUT2D eigenvalue weighted by molar-refractivity contribution is 6.31. The Morgan fingerprint density at radius 2 is 2.00 bits per heavy atom. The van der Waals surface area contributed by atoms with Gasteiger partial charge in [0.05, 0.1) is 16.0 Å². The Morgan fingerprint density at radius 3 is 2.77 bits per heavy atom. The van der Waals surface area contributed by atoms with Gasteiger partial charge in [-0.1, -0.05) is 17.7 Å². The van der Waals surface area contributed by atoms with Crippen LogP contribution in [0.1, 0.15) is 28.4 Å². The summed E-state index contributed by atoms with van der Waals surface area (Å²) in [6, 6.07) is 8.43. The van der Waals surface area contributed by atoms with Crippen LogP contribution in [-0.2, 0) is 13.6 Å². The summed E-state index contributed by atoms with van der Waals surface area (Å²) in [5.41, 5.74) is 1.33. The Labute approximate surface area is 176 Å². The number of nitrogens with zero attached hydrogens (tertiary/aromatic N) is 4. The number of amides is 1. The van der Waals surface area contributed by atoms with Gasteiger partial charge in [0, 0.05) is 61.0 Å². The standard InChI is InChI=1S/C21H19ClN4O4/c1-23-11-16(15-3-2-14(22)7-19(15)23)20(27)24-8-12-6-13(10-24)17-4-5-18(26(29)30)21(28)25(17)9-12/h2-5,7,11-13H,6,8-10H2,1H3/t12-,13-/m0/s1. The number of fused-ring (bicyclic) bond motifs is 5. The first kappa shape index (κ1) is 18.9. The van der Waals surface area contributed by atoms with Crippen molar-refractivity contribution in [2.45, 2.75) is 18.9 Å². The normalized spacial score (nSPS) is 20.3. The number of hydrogen-bond acceptors (Lipinski definition) is 4. The van der Waals surface area contributed by atoms with Gasteiger partial charge in [0.2, 0.25) is 0 Å². The number of carbonyl (C=O) groups excluding carboxylic acids is 1. The van der Waals surface area contributed by atoms with Gasteiger partial charge < -0.3 is 14.0 Å². The number of benzene rings is 1. The zero-order chi connectivity index (χ0) is 21.2. The van der Waals surface area contributed by atoms with Crippen molar-refractivity contribution in [2.75, 3.05) is 13.1 Å². The van der Waals surface area contributed by atoms with Gasteiger partial charge in [-0.25, -0.2) is 0 Å². The Balaban J connectivity index is 1.49. The van der Waals surface area contributed by atoms with Crippen LogP contribution in [0.4, 0.5) is 5.69 Å². The van der Waals surface area contributed by atoms with E-state index in [2.05, 4.69) is 0 Å². The number of carbonyl (C=O) groups is 1. The van der Waals surface area contributed by atoms with Crippen molar-refractivity contribution >= 4 is 34.1 Å². The number of hydrogen-bond donors (Lipinski definition) is 0. The molecule has 3 aromatic rings. The maximum atomic E-state index is 13.4. The third-order valence-corrected chi connectivity index (χ3v) is 6.49. The molecule has 8 nitrogen and oxygen atoms in total. The smallest absolute Gasteiger partial charge is 0.334 e. The third-order valence-electron chi connectivity index (χ3n) is 6.25. The Morgan fingerprint density at radius 1 is 1.20 bits per heavy atom. The van der Waals surface area contributed by atoms with Crippen LogP contribution < -0.4 is 5.56 Å². The first-order valence-electron chi connectivity index (χ1n) is 9.75. The van der Waals surface area contributed by atoms with Crippen molar-refractivity contribution < 1.29 is 9.72 Å². The van der Waals surface area contributed by atoms with E-state index in [9.17, 15) is 19.7 Å². The maximum absolute atomic E-state index is 13.4. The molecule has 2 atom stereocenters. The molecule has 0 unspecified atom stereocenters. The van der Waals surface area contributed by atoms with Gasteiger partial charge in [0.1, 0.15) is 0 Å². The third kappa shape index (κ3) is 2.82. The van der Waals surface area contributed by atoms with Crippen molar-refractivity contribution in [3.63, 3.8) is 0 Å². The highest BCUT2D eigenvalue weighted by Gasteiger charge is 2.38. The van der Waals surface area contributed by atoms with E-state index in [0.717, 1.165) is 23.0 Å². The topological polar surface area (TPSA) is 90.4 Å². The molecule has 0 N–H and O–H groups in total. The van der Waals surface area contributed by atoms with E-state index in [1.165, 1.54) is 10.6 Å². The minimum absolute atomic E-state index is 0.0145. The van der Waals surface area contributed by atoms with Crippen LogP contribution in [0, 0.1) is 16.0 Å². The summed E-state index contributed by atoms with van der Waals surface area (Å²) in [6.07, 6.45) is 2.70. The molecule has 2 bridgehead atoms. The molecular formula is C21H19ClN4O4. The molecule has 5 rings (SSSR count). The average Bonchev–Trinajstić information content (AvgIpc) is 3.03. The molecule has 0 aliphatic carbocycles. The number of aromatic nitrogens is 2. The van der Waals surface area contributed by atoms with Gasteiger partial charge in [0.25, 0.3) is 5.91 Å². The number of piperidine rings is 1. The van der Waals surface area contributed by atoms with E-state index in [-0.39, 0.29) is 17.7 Å². The second-order valence-corrected chi connectivity index (χ2v) is 8.58. The lowest BCUT2D eigenvalue weighted by Gasteiger charge is -2.42. The van der Waals surface area contributed by atoms with Crippen LogP contribution in [0.2, 0.25) is 5.02 Å². The molecule has 1 amide bonds. The fourth-order valence-electron chi connectivity index (χ4n) is 4.94. The van der Waals surface area contributed by atoms with Gasteiger partial charge in [-0.2, -0.15) is 0 Å². The SMILES string of the molecule is Cn1cc(C(=O)N2C[C@@H]3C[C@@H](C2)c2ccc([N+](=O)[O-])c(=O)n2C3)c2ccc(Cl)cc21. The summed E-state index contributed by atoms with van der Waals surface area (Å²) in [5.74, 6) is 0.0269. The molecule has 1 aromatic carbocycles. The fourth-order valence-corrected chi connectivity index (χ4v) is 5.10. The molecule has 30 heavy (non-hydrogen) atoms. The van der Waals surface area contributed by atoms with Crippen molar-refractivity contribution in [3.05, 3.63) is 73.3 Å². The van der Waals surface area contributed by atoms with Crippen LogP contribution in [0.3, 0.4) is 0 Å². The second kappa shape index (κ2) is 6.70. The quantitative estimate of drug-likeness (QED) is 0.465. The molecular weight excluding hydrogens is 408 g/mol. The van der Waals surface area contributed by atoms with Crippen LogP contribution in [0.5, 0.6) is 0 Å². The van der Waals surface area contributed by atoms with Crippen molar-refractivity contribution in [1.82, 2.24) is 14.0 Å². The van der Waals surface area contributed by atoms with E-state index in [1.54, 1.807) is 12.1 Å². The lowest BCUT2D eigenvalue weighted by molar-refractivity contribution is -0.386. The molecule has 0 saturated carbocycles. The Kier molecular flexibility index (Phi) is 4.21. The van der Waals surface area contributed by atoms with Crippen molar-refractivity contribution in [3.8, 4) is 0 Å². The number of pyridine rings is 1. The number of halogens is 1. The number of rotatable bonds is 2. The zero-order valence-corrected chi connectivity index (χ0v) is 17.0. The second-order valence-electron chi connectivity index (χ2n) is 8.14. The van der Waals surface area contributed by atoms with Crippen molar-refractivity contribution in [1.29, 1.82) is 0 Å². The largest absolute Gasteiger partial charge is 0.350 e. The molecule has 0 spiro atoms. The summed E-state index contributed by atoms with van der Waals surface area (Å²) in [7, 11) is 1.88. The first-order valence-corrected chi connectivity index (χ1v) is 10.1. The van der Waals surface area contributed by atoms with Crippen LogP contribution in [0.15, 0.2) is 41.3 Å². The van der Waals surface area contributed by atoms with Crippen LogP contribution in [-0.4, -0.2) is 38.0 Å². The molecule has 9 heteroatoms. The minimum Gasteiger partial charge on any atom is -0.350 e. The molecule has 1 fully saturated rings. The summed E-state index contributed by atoms with van der Waals surface area (Å²) >= 11 is 6.11. The number of likely N-dealkylation sites (tertiary alicyclic amines) is 1. The number of aryl methyl sites for hydroxylation is 1. The van der Waals surface area contributed by atoms with Gasteiger partial charge in [0.15, 0.2) is 0 Å². The molecule has 2 aromatic heterocycles. The highest BCUT2D eigenvalue weighted by Crippen LogP contribution is 2.36. The molecule has 2 aliphatic rings. The van der Waals surface area contributed by atoms with Gasteiger partial charge in [-0.3, -0.25) is 19.7 Å². The summed E-state index contributed by atoms with van der Waals surface area (Å²) in [6.45, 7) is 1.39. The Bertz CT molecular complexity index is 1280. The minimum atomic E-state index is -0.636. The molecule has 4 heterocycles. The van der Waals surface area contributed by atoms with Gasteiger partial charge >= 0.3 is 11.2 Å². The number of nitro groups is 1. The summed E-state index contributed by atoms with van der Waals surface area (Å²) in [5, 5.41) is 12.6. The molecule has 2 aliphatic heterocycles. The fraction of sp³-hybridized carbons (Fsp3) is 0.333. The zero-order valence-electron chi connectivity index (χ0n) is 16.2. The summed E-state index contributed by atoms with van der Waals surface area (Å²) in [4.78, 5) is 38.2. The summed E-state index contributed by atoms with van der Waals surface area (Å²) < 4.78 is 3.42. The predicted octanol–water partition coefficient (Wildman–Crippen LogP) is 3.16. The van der Waals surface area contributed by atoms with Crippen LogP contribution in [0.25, 0.3) is 10.9 Å². The molecule has 154 valence electrons. The first-order chi connectivity index (χ1) is 14.3. The van der Waals surface area contributed by atoms with Crippen molar-refractivity contribution in [2.24, 2.45) is 13.0 Å². The average molecular weight is 427 g/mol. The molecule has 0 radical (unpaired) electrons. The van der Waals surface area contributed by atoms with E-state index in [4.69, 9.17) is 11.6 Å². The van der Waals surface area contributed by atoms with E-state index < -0.39 is 16.2 Å². The Hall–Kier alpha value is -3.13. The predicted molar refractivity (Wildman–Crippen MR) is 112 cm³/mol. The van der Waals surface area contributed by atoms with E-state index in [0.29, 0.717) is 30.2 Å². The van der Waals surface area contributed by atoms with Gasteiger partial charge in [-0.15, -0.1) is 0 Å². The van der Waals surface area contributed by atoms with Crippen LogP contribution >= 0.6 is 11.6 Å². The lowest BCUT2D eigenvalue weighted by atomic mass is 9.83. The molecule has 1 saturated heterocycles. The van der Waals surface area contributed by atoms with E-state index >= 15 is 0 Å².